The fourth-order valence-corrected chi connectivity index (χ4v) is 3.44. The van der Waals surface area contributed by atoms with Gasteiger partial charge in [0.15, 0.2) is 0 Å². The smallest absolute Gasteiger partial charge is 0.330 e. The number of fused-ring (bicyclic) bond motifs is 1. The van der Waals surface area contributed by atoms with E-state index in [0.29, 0.717) is 25.3 Å². The number of carbonyl (C=O) groups excluding carboxylic acids is 3. The van der Waals surface area contributed by atoms with Crippen LogP contribution in [-0.4, -0.2) is 41.9 Å². The Morgan fingerprint density at radius 1 is 1.13 bits per heavy atom. The molecule has 1 atom stereocenters. The van der Waals surface area contributed by atoms with E-state index in [0.717, 1.165) is 16.7 Å². The number of amides is 2. The first-order valence-electron chi connectivity index (χ1n) is 9.81. The fraction of sp³-hybridized carbons (Fsp3) is 0.261. The summed E-state index contributed by atoms with van der Waals surface area (Å²) in [5.74, 6) is -1.06. The zero-order valence-electron chi connectivity index (χ0n) is 16.8. The molecule has 0 fully saturated rings. The molecule has 0 aliphatic carbocycles. The molecule has 0 bridgehead atoms. The van der Waals surface area contributed by atoms with Crippen molar-refractivity contribution >= 4 is 29.5 Å². The van der Waals surface area contributed by atoms with E-state index >= 15 is 0 Å². The number of nitrogens with one attached hydrogen (secondary N) is 1. The van der Waals surface area contributed by atoms with Crippen LogP contribution in [0.1, 0.15) is 23.6 Å². The highest BCUT2D eigenvalue weighted by molar-refractivity contribution is 5.93. The van der Waals surface area contributed by atoms with Gasteiger partial charge in [-0.05, 0) is 48.2 Å². The second kappa shape index (κ2) is 9.84. The first-order chi connectivity index (χ1) is 14.5. The van der Waals surface area contributed by atoms with Gasteiger partial charge in [0.1, 0.15) is 0 Å². The number of hydrogen-bond donors (Lipinski definition) is 2. The van der Waals surface area contributed by atoms with Crippen LogP contribution < -0.4 is 11.1 Å². The Hall–Kier alpha value is -3.45. The molecule has 1 aliphatic rings. The number of anilines is 1. The molecule has 3 N–H and O–H groups in total. The summed E-state index contributed by atoms with van der Waals surface area (Å²) in [6.07, 6.45) is 3.50. The third-order valence-electron chi connectivity index (χ3n) is 4.91. The maximum Gasteiger partial charge on any atom is 0.330 e. The quantitative estimate of drug-likeness (QED) is 0.541. The van der Waals surface area contributed by atoms with Crippen LogP contribution in [0.15, 0.2) is 54.6 Å². The van der Waals surface area contributed by atoms with Crippen LogP contribution in [0, 0.1) is 0 Å². The van der Waals surface area contributed by atoms with Crippen LogP contribution >= 0.6 is 0 Å². The molecule has 0 spiro atoms. The molecule has 156 valence electrons. The average molecular weight is 407 g/mol. The van der Waals surface area contributed by atoms with Crippen molar-refractivity contribution in [2.75, 3.05) is 18.5 Å². The highest BCUT2D eigenvalue weighted by atomic mass is 16.5. The Morgan fingerprint density at radius 3 is 2.50 bits per heavy atom. The average Bonchev–Trinajstić information content (AvgIpc) is 2.73. The van der Waals surface area contributed by atoms with E-state index in [4.69, 9.17) is 10.5 Å². The number of nitrogens with zero attached hydrogens (tertiary/aromatic N) is 1. The van der Waals surface area contributed by atoms with Crippen molar-refractivity contribution in [3.8, 4) is 0 Å². The molecule has 1 heterocycles. The van der Waals surface area contributed by atoms with E-state index in [9.17, 15) is 14.4 Å². The lowest BCUT2D eigenvalue weighted by molar-refractivity contribution is -0.137. The van der Waals surface area contributed by atoms with Crippen LogP contribution in [-0.2, 0) is 32.1 Å². The van der Waals surface area contributed by atoms with Gasteiger partial charge in [-0.3, -0.25) is 14.5 Å². The normalized spacial score (nSPS) is 16.1. The van der Waals surface area contributed by atoms with Crippen molar-refractivity contribution in [3.05, 3.63) is 71.3 Å². The summed E-state index contributed by atoms with van der Waals surface area (Å²) in [7, 11) is 0. The molecular formula is C23H25N3O4. The molecule has 30 heavy (non-hydrogen) atoms. The largest absolute Gasteiger partial charge is 0.463 e. The standard InChI is InChI=1S/C23H25N3O4/c1-2-30-22(28)12-9-16-7-10-19(11-8-16)25-21(27)15-26-14-18-6-4-3-5-17(18)13-20(26)23(24)29/h3-12,20H,2,13-15H2,1H3,(H2,24,29)(H,25,27)/b12-9+/t20-/m1/s1. The van der Waals surface area contributed by atoms with Gasteiger partial charge in [-0.1, -0.05) is 36.4 Å². The van der Waals surface area contributed by atoms with E-state index in [1.165, 1.54) is 6.08 Å². The van der Waals surface area contributed by atoms with Crippen LogP contribution in [0.3, 0.4) is 0 Å². The van der Waals surface area contributed by atoms with Crippen LogP contribution in [0.4, 0.5) is 5.69 Å². The maximum absolute atomic E-state index is 12.6. The van der Waals surface area contributed by atoms with Gasteiger partial charge in [0.25, 0.3) is 0 Å². The molecule has 7 heteroatoms. The van der Waals surface area contributed by atoms with Gasteiger partial charge >= 0.3 is 5.97 Å². The van der Waals surface area contributed by atoms with Gasteiger partial charge in [-0.25, -0.2) is 4.79 Å². The molecule has 1 aliphatic heterocycles. The Labute approximate surface area is 175 Å². The topological polar surface area (TPSA) is 102 Å². The molecule has 0 radical (unpaired) electrons. The van der Waals surface area contributed by atoms with Crippen molar-refractivity contribution in [2.45, 2.75) is 25.9 Å². The molecule has 0 aromatic heterocycles. The van der Waals surface area contributed by atoms with Gasteiger partial charge in [0, 0.05) is 18.3 Å². The molecule has 2 amide bonds. The highest BCUT2D eigenvalue weighted by Crippen LogP contribution is 2.23. The minimum Gasteiger partial charge on any atom is -0.463 e. The number of benzene rings is 2. The molecule has 3 rings (SSSR count). The zero-order chi connectivity index (χ0) is 21.5. The lowest BCUT2D eigenvalue weighted by Gasteiger charge is -2.34. The fourth-order valence-electron chi connectivity index (χ4n) is 3.44. The van der Waals surface area contributed by atoms with Gasteiger partial charge in [0.05, 0.1) is 19.2 Å². The summed E-state index contributed by atoms with van der Waals surface area (Å²) in [6, 6.07) is 14.4. The molecule has 2 aromatic carbocycles. The molecule has 0 saturated carbocycles. The molecule has 2 aromatic rings. The highest BCUT2D eigenvalue weighted by Gasteiger charge is 2.31. The van der Waals surface area contributed by atoms with Gasteiger partial charge < -0.3 is 15.8 Å². The first-order valence-corrected chi connectivity index (χ1v) is 9.81. The van der Waals surface area contributed by atoms with Crippen molar-refractivity contribution in [1.29, 1.82) is 0 Å². The Balaban J connectivity index is 1.60. The number of ether oxygens (including phenoxy) is 1. The van der Waals surface area contributed by atoms with Gasteiger partial charge in [-0.2, -0.15) is 0 Å². The molecular weight excluding hydrogens is 382 g/mol. The number of esters is 1. The van der Waals surface area contributed by atoms with Crippen molar-refractivity contribution in [1.82, 2.24) is 4.90 Å². The summed E-state index contributed by atoms with van der Waals surface area (Å²) in [4.78, 5) is 37.6. The lowest BCUT2D eigenvalue weighted by atomic mass is 9.93. The van der Waals surface area contributed by atoms with E-state index in [1.54, 1.807) is 42.2 Å². The number of primary amides is 1. The summed E-state index contributed by atoms with van der Waals surface area (Å²) in [5, 5.41) is 2.84. The van der Waals surface area contributed by atoms with E-state index in [2.05, 4.69) is 5.32 Å². The summed E-state index contributed by atoms with van der Waals surface area (Å²) in [6.45, 7) is 2.63. The van der Waals surface area contributed by atoms with Crippen molar-refractivity contribution in [3.63, 3.8) is 0 Å². The third kappa shape index (κ3) is 5.55. The predicted octanol–water partition coefficient (Wildman–Crippen LogP) is 2.11. The molecule has 7 nitrogen and oxygen atoms in total. The number of hydrogen-bond acceptors (Lipinski definition) is 5. The minimum absolute atomic E-state index is 0.0620. The van der Waals surface area contributed by atoms with E-state index in [1.807, 2.05) is 24.3 Å². The number of carbonyl (C=O) groups is 3. The van der Waals surface area contributed by atoms with Crippen LogP contribution in [0.25, 0.3) is 6.08 Å². The summed E-state index contributed by atoms with van der Waals surface area (Å²) >= 11 is 0. The SMILES string of the molecule is CCOC(=O)/C=C/c1ccc(NC(=O)CN2Cc3ccccc3C[C@@H]2C(N)=O)cc1. The summed E-state index contributed by atoms with van der Waals surface area (Å²) < 4.78 is 4.84. The van der Waals surface area contributed by atoms with Crippen molar-refractivity contribution in [2.24, 2.45) is 5.73 Å². The Kier molecular flexibility index (Phi) is 6.98. The number of rotatable bonds is 7. The monoisotopic (exact) mass is 407 g/mol. The van der Waals surface area contributed by atoms with E-state index in [-0.39, 0.29) is 12.5 Å². The summed E-state index contributed by atoms with van der Waals surface area (Å²) in [5.41, 5.74) is 9.20. The third-order valence-corrected chi connectivity index (χ3v) is 4.91. The maximum atomic E-state index is 12.6. The molecule has 0 unspecified atom stereocenters. The molecule has 0 saturated heterocycles. The first kappa shape index (κ1) is 21.3. The van der Waals surface area contributed by atoms with Gasteiger partial charge in [0.2, 0.25) is 11.8 Å². The zero-order valence-corrected chi connectivity index (χ0v) is 16.8. The van der Waals surface area contributed by atoms with E-state index < -0.39 is 17.9 Å². The van der Waals surface area contributed by atoms with Crippen molar-refractivity contribution < 1.29 is 19.1 Å². The second-order valence-corrected chi connectivity index (χ2v) is 7.05. The Morgan fingerprint density at radius 2 is 1.83 bits per heavy atom. The Bertz CT molecular complexity index is 953. The minimum atomic E-state index is -0.513. The predicted molar refractivity (Wildman–Crippen MR) is 114 cm³/mol. The second-order valence-electron chi connectivity index (χ2n) is 7.05. The lowest BCUT2D eigenvalue weighted by Crippen LogP contribution is -2.50. The van der Waals surface area contributed by atoms with Gasteiger partial charge in [-0.15, -0.1) is 0 Å². The van der Waals surface area contributed by atoms with Crippen LogP contribution in [0.5, 0.6) is 0 Å². The number of nitrogens with two attached hydrogens (primary N) is 1. The van der Waals surface area contributed by atoms with Crippen LogP contribution in [0.2, 0.25) is 0 Å².